The lowest BCUT2D eigenvalue weighted by Gasteiger charge is -2.26. The summed E-state index contributed by atoms with van der Waals surface area (Å²) in [6, 6.07) is 5.95. The Morgan fingerprint density at radius 1 is 1.35 bits per heavy atom. The molecule has 0 aliphatic heterocycles. The van der Waals surface area contributed by atoms with Gasteiger partial charge in [0.05, 0.1) is 5.56 Å². The van der Waals surface area contributed by atoms with Gasteiger partial charge in [0, 0.05) is 0 Å². The zero-order valence-corrected chi connectivity index (χ0v) is 9.99. The molecule has 1 saturated carbocycles. The van der Waals surface area contributed by atoms with E-state index in [1.165, 1.54) is 18.6 Å². The van der Waals surface area contributed by atoms with E-state index < -0.39 is 11.8 Å². The Morgan fingerprint density at radius 3 is 2.82 bits per heavy atom. The summed E-state index contributed by atoms with van der Waals surface area (Å²) in [5, 5.41) is 0. The first-order valence-corrected chi connectivity index (χ1v) is 6.12. The molecule has 0 aromatic heterocycles. The molecule has 1 fully saturated rings. The molecule has 17 heavy (non-hydrogen) atoms. The summed E-state index contributed by atoms with van der Waals surface area (Å²) in [7, 11) is 0. The van der Waals surface area contributed by atoms with Crippen molar-refractivity contribution in [1.82, 2.24) is 0 Å². The van der Waals surface area contributed by atoms with Crippen LogP contribution in [0.25, 0.3) is 0 Å². The highest BCUT2D eigenvalue weighted by atomic mass is 19.1. The predicted octanol–water partition coefficient (Wildman–Crippen LogP) is 3.56. The van der Waals surface area contributed by atoms with Gasteiger partial charge in [-0.15, -0.1) is 0 Å². The Balaban J connectivity index is 1.99. The Bertz CT molecular complexity index is 403. The Morgan fingerprint density at radius 2 is 2.12 bits per heavy atom. The number of ether oxygens (including phenoxy) is 1. The van der Waals surface area contributed by atoms with Gasteiger partial charge in [0.15, 0.2) is 0 Å². The van der Waals surface area contributed by atoms with E-state index in [9.17, 15) is 9.18 Å². The second kappa shape index (κ2) is 5.30. The number of carbonyl (C=O) groups is 1. The van der Waals surface area contributed by atoms with Crippen molar-refractivity contribution < 1.29 is 13.9 Å². The third-order valence-corrected chi connectivity index (χ3v) is 3.26. The highest BCUT2D eigenvalue weighted by Crippen LogP contribution is 2.26. The van der Waals surface area contributed by atoms with Crippen molar-refractivity contribution >= 4 is 5.97 Å². The summed E-state index contributed by atoms with van der Waals surface area (Å²) in [6.07, 6.45) is 4.00. The molecule has 0 radical (unpaired) electrons. The maximum absolute atomic E-state index is 13.4. The van der Waals surface area contributed by atoms with E-state index in [1.807, 2.05) is 0 Å². The lowest BCUT2D eigenvalue weighted by atomic mass is 9.89. The number of rotatable bonds is 2. The third-order valence-electron chi connectivity index (χ3n) is 3.26. The standard InChI is InChI=1S/C14H17FO2/c1-10-5-4-6-11(9-10)17-14(16)12-7-2-3-8-13(12)15/h2-3,7-8,10-11H,4-6,9H2,1H3. The second-order valence-electron chi connectivity index (χ2n) is 4.78. The normalized spacial score (nSPS) is 24.4. The van der Waals surface area contributed by atoms with E-state index in [0.29, 0.717) is 5.92 Å². The van der Waals surface area contributed by atoms with Crippen LogP contribution in [-0.2, 0) is 4.74 Å². The van der Waals surface area contributed by atoms with Crippen LogP contribution in [-0.4, -0.2) is 12.1 Å². The Kier molecular flexibility index (Phi) is 3.77. The average molecular weight is 236 g/mol. The number of carbonyl (C=O) groups excluding carboxylic acids is 1. The largest absolute Gasteiger partial charge is 0.459 e. The zero-order chi connectivity index (χ0) is 12.3. The van der Waals surface area contributed by atoms with Gasteiger partial charge in [-0.25, -0.2) is 9.18 Å². The SMILES string of the molecule is CC1CCCC(OC(=O)c2ccccc2F)C1. The summed E-state index contributed by atoms with van der Waals surface area (Å²) in [5.41, 5.74) is 0.0331. The number of hydrogen-bond donors (Lipinski definition) is 0. The summed E-state index contributed by atoms with van der Waals surface area (Å²) in [6.45, 7) is 2.16. The molecule has 3 heteroatoms. The molecule has 92 valence electrons. The Labute approximate surface area is 101 Å². The topological polar surface area (TPSA) is 26.3 Å². The molecule has 1 aromatic rings. The van der Waals surface area contributed by atoms with Crippen LogP contribution in [0.3, 0.4) is 0 Å². The van der Waals surface area contributed by atoms with Crippen LogP contribution in [0, 0.1) is 11.7 Å². The first kappa shape index (κ1) is 12.1. The Hall–Kier alpha value is -1.38. The van der Waals surface area contributed by atoms with Gasteiger partial charge in [-0.1, -0.05) is 25.5 Å². The molecule has 2 atom stereocenters. The molecule has 0 N–H and O–H groups in total. The number of hydrogen-bond acceptors (Lipinski definition) is 2. The van der Waals surface area contributed by atoms with Crippen LogP contribution in [0.15, 0.2) is 24.3 Å². The molecule has 0 heterocycles. The van der Waals surface area contributed by atoms with Crippen molar-refractivity contribution in [1.29, 1.82) is 0 Å². The predicted molar refractivity (Wildman–Crippen MR) is 63.2 cm³/mol. The van der Waals surface area contributed by atoms with E-state index in [2.05, 4.69) is 6.92 Å². The van der Waals surface area contributed by atoms with E-state index in [0.717, 1.165) is 19.3 Å². The second-order valence-corrected chi connectivity index (χ2v) is 4.78. The minimum absolute atomic E-state index is 0.0331. The van der Waals surface area contributed by atoms with Gasteiger partial charge in [-0.05, 0) is 37.3 Å². The van der Waals surface area contributed by atoms with Crippen molar-refractivity contribution in [2.75, 3.05) is 0 Å². The molecule has 2 unspecified atom stereocenters. The maximum atomic E-state index is 13.4. The smallest absolute Gasteiger partial charge is 0.341 e. The van der Waals surface area contributed by atoms with E-state index >= 15 is 0 Å². The summed E-state index contributed by atoms with van der Waals surface area (Å²) < 4.78 is 18.7. The minimum atomic E-state index is -0.540. The van der Waals surface area contributed by atoms with Gasteiger partial charge in [0.25, 0.3) is 0 Å². The van der Waals surface area contributed by atoms with E-state index in [4.69, 9.17) is 4.74 Å². The molecule has 0 saturated heterocycles. The monoisotopic (exact) mass is 236 g/mol. The van der Waals surface area contributed by atoms with Gasteiger partial charge >= 0.3 is 5.97 Å². The van der Waals surface area contributed by atoms with Gasteiger partial charge in [-0.3, -0.25) is 0 Å². The van der Waals surface area contributed by atoms with Gasteiger partial charge in [-0.2, -0.15) is 0 Å². The molecule has 1 aromatic carbocycles. The van der Waals surface area contributed by atoms with Crippen LogP contribution in [0.4, 0.5) is 4.39 Å². The van der Waals surface area contributed by atoms with Crippen molar-refractivity contribution in [3.8, 4) is 0 Å². The zero-order valence-electron chi connectivity index (χ0n) is 9.99. The number of esters is 1. The summed E-state index contributed by atoms with van der Waals surface area (Å²) in [4.78, 5) is 11.8. The molecule has 1 aliphatic rings. The van der Waals surface area contributed by atoms with Crippen LogP contribution in [0.1, 0.15) is 43.0 Å². The van der Waals surface area contributed by atoms with Crippen molar-refractivity contribution in [2.45, 2.75) is 38.7 Å². The third kappa shape index (κ3) is 3.05. The lowest BCUT2D eigenvalue weighted by Crippen LogP contribution is -2.24. The van der Waals surface area contributed by atoms with E-state index in [-0.39, 0.29) is 11.7 Å². The number of benzene rings is 1. The quantitative estimate of drug-likeness (QED) is 0.734. The van der Waals surface area contributed by atoms with Crippen LogP contribution in [0.2, 0.25) is 0 Å². The molecule has 2 rings (SSSR count). The van der Waals surface area contributed by atoms with Gasteiger partial charge in [0.2, 0.25) is 0 Å². The first-order valence-electron chi connectivity index (χ1n) is 6.12. The van der Waals surface area contributed by atoms with Crippen molar-refractivity contribution in [3.05, 3.63) is 35.6 Å². The van der Waals surface area contributed by atoms with Crippen LogP contribution < -0.4 is 0 Å². The highest BCUT2D eigenvalue weighted by Gasteiger charge is 2.23. The van der Waals surface area contributed by atoms with Crippen molar-refractivity contribution in [2.24, 2.45) is 5.92 Å². The number of halogens is 1. The highest BCUT2D eigenvalue weighted by molar-refractivity contribution is 5.89. The van der Waals surface area contributed by atoms with E-state index in [1.54, 1.807) is 12.1 Å². The average Bonchev–Trinajstić information content (AvgIpc) is 2.29. The lowest BCUT2D eigenvalue weighted by molar-refractivity contribution is 0.0150. The van der Waals surface area contributed by atoms with Gasteiger partial charge in [0.1, 0.15) is 11.9 Å². The van der Waals surface area contributed by atoms with Crippen molar-refractivity contribution in [3.63, 3.8) is 0 Å². The van der Waals surface area contributed by atoms with Crippen LogP contribution in [0.5, 0.6) is 0 Å². The fourth-order valence-corrected chi connectivity index (χ4v) is 2.33. The fourth-order valence-electron chi connectivity index (χ4n) is 2.33. The summed E-state index contributed by atoms with van der Waals surface area (Å²) in [5.74, 6) is -0.467. The molecule has 2 nitrogen and oxygen atoms in total. The van der Waals surface area contributed by atoms with Gasteiger partial charge < -0.3 is 4.74 Å². The molecule has 1 aliphatic carbocycles. The maximum Gasteiger partial charge on any atom is 0.341 e. The molecular weight excluding hydrogens is 219 g/mol. The van der Waals surface area contributed by atoms with Crippen LogP contribution >= 0.6 is 0 Å². The first-order chi connectivity index (χ1) is 8.16. The molecular formula is C14H17FO2. The molecule has 0 bridgehead atoms. The fraction of sp³-hybridized carbons (Fsp3) is 0.500. The minimum Gasteiger partial charge on any atom is -0.459 e. The molecule has 0 spiro atoms. The summed E-state index contributed by atoms with van der Waals surface area (Å²) >= 11 is 0. The molecule has 0 amide bonds.